The highest BCUT2D eigenvalue weighted by Crippen LogP contribution is 2.53. The van der Waals surface area contributed by atoms with Crippen molar-refractivity contribution in [1.82, 2.24) is 0 Å². The summed E-state index contributed by atoms with van der Waals surface area (Å²) in [5.74, 6) is -1.59. The Kier molecular flexibility index (Phi) is 5.75. The Balaban J connectivity index is 1.33. The number of unbranched alkanes of at least 4 members (excludes halogenated alkanes) is 9. The highest BCUT2D eigenvalue weighted by atomic mass is 16.6. The molecule has 2 bridgehead atoms. The van der Waals surface area contributed by atoms with Crippen molar-refractivity contribution >= 4 is 11.9 Å². The minimum Gasteiger partial charge on any atom is -0.393 e. The summed E-state index contributed by atoms with van der Waals surface area (Å²) < 4.78 is 10.9. The third-order valence-corrected chi connectivity index (χ3v) is 5.81. The number of fused-ring (bicyclic) bond motifs is 5. The minimum atomic E-state index is -0.571. The van der Waals surface area contributed by atoms with Crippen LogP contribution in [0, 0.1) is 11.8 Å². The molecule has 0 aromatic carbocycles. The summed E-state index contributed by atoms with van der Waals surface area (Å²) in [4.78, 5) is 23.8. The van der Waals surface area contributed by atoms with Gasteiger partial charge in [0.1, 0.15) is 17.4 Å². The normalized spacial score (nSPS) is 33.3. The second kappa shape index (κ2) is 7.81. The zero-order valence-electron chi connectivity index (χ0n) is 14.8. The Bertz CT molecular complexity index is 498. The van der Waals surface area contributed by atoms with E-state index in [0.29, 0.717) is 0 Å². The molecule has 0 saturated carbocycles. The van der Waals surface area contributed by atoms with Crippen LogP contribution in [0.25, 0.3) is 0 Å². The molecule has 3 heterocycles. The van der Waals surface area contributed by atoms with Gasteiger partial charge in [0, 0.05) is 0 Å². The summed E-state index contributed by atoms with van der Waals surface area (Å²) in [5.41, 5.74) is -0.571. The van der Waals surface area contributed by atoms with Gasteiger partial charge < -0.3 is 9.47 Å². The molecule has 4 atom stereocenters. The molecule has 3 rings (SSSR count). The Labute approximate surface area is 145 Å². The lowest BCUT2D eigenvalue weighted by atomic mass is 9.74. The van der Waals surface area contributed by atoms with E-state index in [-0.39, 0.29) is 12.1 Å². The average Bonchev–Trinajstić information content (AvgIpc) is 3.21. The molecule has 0 spiro atoms. The van der Waals surface area contributed by atoms with Crippen LogP contribution in [0.2, 0.25) is 0 Å². The van der Waals surface area contributed by atoms with Gasteiger partial charge in [-0.2, -0.15) is 0 Å². The Morgan fingerprint density at radius 2 is 1.54 bits per heavy atom. The molecule has 24 heavy (non-hydrogen) atoms. The summed E-state index contributed by atoms with van der Waals surface area (Å²) >= 11 is 0. The first-order chi connectivity index (χ1) is 11.7. The number of cyclic esters (lactones) is 2. The molecule has 4 heteroatoms. The molecule has 3 aliphatic rings. The topological polar surface area (TPSA) is 52.6 Å². The molecular weight excluding hydrogens is 304 g/mol. The number of rotatable bonds is 11. The van der Waals surface area contributed by atoms with E-state index >= 15 is 0 Å². The van der Waals surface area contributed by atoms with Crippen LogP contribution in [-0.4, -0.2) is 23.6 Å². The third kappa shape index (κ3) is 3.44. The predicted octanol–water partition coefficient (Wildman–Crippen LogP) is 4.32. The van der Waals surface area contributed by atoms with Gasteiger partial charge in [0.05, 0.1) is 6.10 Å². The molecule has 2 unspecified atom stereocenters. The van der Waals surface area contributed by atoms with E-state index in [9.17, 15) is 9.59 Å². The zero-order chi connectivity index (χ0) is 17.0. The lowest BCUT2D eigenvalue weighted by molar-refractivity contribution is -0.158. The van der Waals surface area contributed by atoms with Gasteiger partial charge in [0.15, 0.2) is 0 Å². The summed E-state index contributed by atoms with van der Waals surface area (Å²) in [6, 6.07) is 0. The highest BCUT2D eigenvalue weighted by molar-refractivity contribution is 5.99. The molecule has 0 aliphatic carbocycles. The van der Waals surface area contributed by atoms with E-state index in [4.69, 9.17) is 9.47 Å². The van der Waals surface area contributed by atoms with Crippen LogP contribution in [0.3, 0.4) is 0 Å². The largest absolute Gasteiger partial charge is 0.393 e. The number of esters is 2. The van der Waals surface area contributed by atoms with Crippen molar-refractivity contribution in [2.24, 2.45) is 11.8 Å². The van der Waals surface area contributed by atoms with Gasteiger partial charge in [-0.1, -0.05) is 83.3 Å². The van der Waals surface area contributed by atoms with Crippen LogP contribution in [-0.2, 0) is 19.1 Å². The maximum atomic E-state index is 12.0. The van der Waals surface area contributed by atoms with Crippen molar-refractivity contribution in [3.05, 3.63) is 12.2 Å². The van der Waals surface area contributed by atoms with E-state index in [1.54, 1.807) is 0 Å². The van der Waals surface area contributed by atoms with E-state index in [0.717, 1.165) is 12.8 Å². The van der Waals surface area contributed by atoms with Gasteiger partial charge in [-0.15, -0.1) is 0 Å². The summed E-state index contributed by atoms with van der Waals surface area (Å²) in [7, 11) is 0. The summed E-state index contributed by atoms with van der Waals surface area (Å²) in [6.07, 6.45) is 17.4. The van der Waals surface area contributed by atoms with E-state index in [2.05, 4.69) is 6.92 Å². The third-order valence-electron chi connectivity index (χ3n) is 5.81. The minimum absolute atomic E-state index is 0.253. The molecule has 3 aliphatic heterocycles. The number of hydrogen-bond acceptors (Lipinski definition) is 4. The molecule has 2 fully saturated rings. The van der Waals surface area contributed by atoms with Crippen LogP contribution in [0.15, 0.2) is 12.2 Å². The SMILES string of the molecule is CCCCCCCCCCCC[C@@]12C=C[C@@H](O1)C1C(=O)OC(=O)C12. The van der Waals surface area contributed by atoms with Crippen molar-refractivity contribution in [2.75, 3.05) is 0 Å². The van der Waals surface area contributed by atoms with Gasteiger partial charge in [-0.3, -0.25) is 9.59 Å². The number of carbonyl (C=O) groups is 2. The second-order valence-corrected chi connectivity index (χ2v) is 7.57. The number of hydrogen-bond donors (Lipinski definition) is 0. The average molecular weight is 334 g/mol. The predicted molar refractivity (Wildman–Crippen MR) is 91.3 cm³/mol. The van der Waals surface area contributed by atoms with Crippen LogP contribution in [0.1, 0.15) is 77.6 Å². The first-order valence-electron chi connectivity index (χ1n) is 9.81. The molecule has 4 nitrogen and oxygen atoms in total. The monoisotopic (exact) mass is 334 g/mol. The van der Waals surface area contributed by atoms with Gasteiger partial charge in [-0.05, 0) is 6.42 Å². The molecule has 0 radical (unpaired) electrons. The number of ether oxygens (including phenoxy) is 2. The quantitative estimate of drug-likeness (QED) is 0.244. The van der Waals surface area contributed by atoms with Crippen LogP contribution < -0.4 is 0 Å². The zero-order valence-corrected chi connectivity index (χ0v) is 14.8. The van der Waals surface area contributed by atoms with Gasteiger partial charge in [0.2, 0.25) is 0 Å². The molecular formula is C20H30O4. The summed E-state index contributed by atoms with van der Waals surface area (Å²) in [6.45, 7) is 2.25. The van der Waals surface area contributed by atoms with Crippen molar-refractivity contribution in [1.29, 1.82) is 0 Å². The van der Waals surface area contributed by atoms with Gasteiger partial charge in [-0.25, -0.2) is 0 Å². The van der Waals surface area contributed by atoms with Gasteiger partial charge >= 0.3 is 11.9 Å². The fourth-order valence-electron chi connectivity index (χ4n) is 4.49. The Hall–Kier alpha value is -1.16. The smallest absolute Gasteiger partial charge is 0.320 e. The highest BCUT2D eigenvalue weighted by Gasteiger charge is 2.66. The second-order valence-electron chi connectivity index (χ2n) is 7.57. The lowest BCUT2D eigenvalue weighted by Gasteiger charge is -2.27. The Morgan fingerprint density at radius 3 is 2.21 bits per heavy atom. The molecule has 2 saturated heterocycles. The fraction of sp³-hybridized carbons (Fsp3) is 0.800. The van der Waals surface area contributed by atoms with Crippen molar-refractivity contribution < 1.29 is 19.1 Å². The molecule has 0 N–H and O–H groups in total. The first kappa shape index (κ1) is 17.7. The van der Waals surface area contributed by atoms with E-state index in [1.807, 2.05) is 12.2 Å². The molecule has 0 aromatic rings. The van der Waals surface area contributed by atoms with Crippen LogP contribution in [0.4, 0.5) is 0 Å². The van der Waals surface area contributed by atoms with E-state index in [1.165, 1.54) is 57.8 Å². The van der Waals surface area contributed by atoms with Crippen molar-refractivity contribution in [3.8, 4) is 0 Å². The molecule has 0 aromatic heterocycles. The van der Waals surface area contributed by atoms with Crippen molar-refractivity contribution in [3.63, 3.8) is 0 Å². The van der Waals surface area contributed by atoms with Crippen LogP contribution in [0.5, 0.6) is 0 Å². The summed E-state index contributed by atoms with van der Waals surface area (Å²) in [5, 5.41) is 0. The maximum absolute atomic E-state index is 12.0. The maximum Gasteiger partial charge on any atom is 0.320 e. The molecule has 134 valence electrons. The van der Waals surface area contributed by atoms with E-state index < -0.39 is 23.4 Å². The standard InChI is InChI=1S/C20H30O4/c1-2-3-4-5-6-7-8-9-10-11-13-20-14-12-15(24-20)16-17(20)19(22)23-18(16)21/h12,14-17H,2-11,13H2,1H3/t15-,16?,17?,20+/m1/s1. The van der Waals surface area contributed by atoms with Crippen molar-refractivity contribution in [2.45, 2.75) is 89.3 Å². The number of carbonyl (C=O) groups excluding carboxylic acids is 2. The molecule has 0 amide bonds. The fourth-order valence-corrected chi connectivity index (χ4v) is 4.49. The van der Waals surface area contributed by atoms with Gasteiger partial charge in [0.25, 0.3) is 0 Å². The van der Waals surface area contributed by atoms with Crippen LogP contribution >= 0.6 is 0 Å². The first-order valence-corrected chi connectivity index (χ1v) is 9.81. The Morgan fingerprint density at radius 1 is 0.917 bits per heavy atom. The lowest BCUT2D eigenvalue weighted by Crippen LogP contribution is -2.37.